The molecule has 2 aliphatic rings. The van der Waals surface area contributed by atoms with Gasteiger partial charge in [-0.25, -0.2) is 4.98 Å². The van der Waals surface area contributed by atoms with Crippen molar-refractivity contribution in [1.29, 1.82) is 0 Å². The zero-order valence-electron chi connectivity index (χ0n) is 16.0. The summed E-state index contributed by atoms with van der Waals surface area (Å²) in [6.45, 7) is 4.37. The largest absolute Gasteiger partial charge is 0.497 e. The molecule has 2 aromatic rings. The van der Waals surface area contributed by atoms with Gasteiger partial charge >= 0.3 is 0 Å². The van der Waals surface area contributed by atoms with Gasteiger partial charge in [0.2, 0.25) is 5.91 Å². The van der Waals surface area contributed by atoms with Crippen LogP contribution in [0, 0.1) is 5.92 Å². The number of nitrogens with one attached hydrogen (secondary N) is 1. The van der Waals surface area contributed by atoms with Gasteiger partial charge in [-0.1, -0.05) is 18.6 Å². The fourth-order valence-electron chi connectivity index (χ4n) is 3.86. The predicted octanol–water partition coefficient (Wildman–Crippen LogP) is 2.37. The lowest BCUT2D eigenvalue weighted by Gasteiger charge is -2.24. The number of fused-ring (bicyclic) bond motifs is 1. The number of aromatic nitrogens is 2. The van der Waals surface area contributed by atoms with Crippen molar-refractivity contribution in [3.05, 3.63) is 47.5 Å². The molecular formula is C21H28N4O2. The van der Waals surface area contributed by atoms with Gasteiger partial charge in [0.25, 0.3) is 0 Å². The summed E-state index contributed by atoms with van der Waals surface area (Å²) >= 11 is 0. The Morgan fingerprint density at radius 1 is 1.30 bits per heavy atom. The highest BCUT2D eigenvalue weighted by Crippen LogP contribution is 2.26. The molecule has 1 amide bonds. The SMILES string of the molecule is COc1cccc(CN2CCc3ncc(CNC(=O)C4CCC4)n3CC2)c1. The highest BCUT2D eigenvalue weighted by atomic mass is 16.5. The van der Waals surface area contributed by atoms with Crippen LogP contribution in [-0.2, 0) is 30.8 Å². The Bertz CT molecular complexity index is 797. The molecule has 1 saturated carbocycles. The number of amides is 1. The number of rotatable bonds is 6. The zero-order valence-corrected chi connectivity index (χ0v) is 16.0. The van der Waals surface area contributed by atoms with Crippen LogP contribution in [0.4, 0.5) is 0 Å². The normalized spacial score (nSPS) is 17.7. The molecule has 1 aromatic heterocycles. The van der Waals surface area contributed by atoms with Crippen molar-refractivity contribution in [2.45, 2.75) is 45.3 Å². The van der Waals surface area contributed by atoms with Crippen LogP contribution in [0.15, 0.2) is 30.5 Å². The number of carbonyl (C=O) groups excluding carboxylic acids is 1. The van der Waals surface area contributed by atoms with E-state index in [1.54, 1.807) is 7.11 Å². The number of methoxy groups -OCH3 is 1. The molecule has 1 aliphatic heterocycles. The molecule has 0 atom stereocenters. The van der Waals surface area contributed by atoms with Crippen molar-refractivity contribution in [3.63, 3.8) is 0 Å². The minimum Gasteiger partial charge on any atom is -0.497 e. The number of carbonyl (C=O) groups is 1. The average molecular weight is 368 g/mol. The molecule has 1 aromatic carbocycles. The quantitative estimate of drug-likeness (QED) is 0.850. The summed E-state index contributed by atoms with van der Waals surface area (Å²) in [7, 11) is 1.70. The first-order chi connectivity index (χ1) is 13.2. The standard InChI is InChI=1S/C21H28N4O2/c1-27-19-7-2-4-16(12-19)15-24-9-8-20-22-13-18(25(20)11-10-24)14-23-21(26)17-5-3-6-17/h2,4,7,12-13,17H,3,5-6,8-11,14-15H2,1H3,(H,23,26). The highest BCUT2D eigenvalue weighted by molar-refractivity contribution is 5.79. The molecule has 6 heteroatoms. The maximum atomic E-state index is 12.1. The molecule has 0 saturated heterocycles. The Kier molecular flexibility index (Phi) is 5.43. The zero-order chi connectivity index (χ0) is 18.6. The maximum Gasteiger partial charge on any atom is 0.223 e. The van der Waals surface area contributed by atoms with Crippen LogP contribution < -0.4 is 10.1 Å². The van der Waals surface area contributed by atoms with Gasteiger partial charge in [-0.3, -0.25) is 9.69 Å². The third kappa shape index (κ3) is 4.16. The maximum absolute atomic E-state index is 12.1. The molecule has 0 unspecified atom stereocenters. The molecule has 1 aliphatic carbocycles. The molecule has 2 heterocycles. The van der Waals surface area contributed by atoms with Crippen molar-refractivity contribution in [3.8, 4) is 5.75 Å². The van der Waals surface area contributed by atoms with Gasteiger partial charge in [-0.05, 0) is 30.5 Å². The second kappa shape index (κ2) is 8.13. The number of benzene rings is 1. The van der Waals surface area contributed by atoms with Crippen molar-refractivity contribution < 1.29 is 9.53 Å². The van der Waals surface area contributed by atoms with Gasteiger partial charge in [0, 0.05) is 38.5 Å². The topological polar surface area (TPSA) is 59.4 Å². The van der Waals surface area contributed by atoms with Crippen molar-refractivity contribution in [1.82, 2.24) is 19.8 Å². The highest BCUT2D eigenvalue weighted by Gasteiger charge is 2.25. The Labute approximate surface area is 160 Å². The molecular weight excluding hydrogens is 340 g/mol. The molecule has 1 fully saturated rings. The van der Waals surface area contributed by atoms with E-state index in [0.29, 0.717) is 6.54 Å². The van der Waals surface area contributed by atoms with Gasteiger partial charge in [0.15, 0.2) is 0 Å². The summed E-state index contributed by atoms with van der Waals surface area (Å²) in [6.07, 6.45) is 6.11. The van der Waals surface area contributed by atoms with Crippen LogP contribution in [-0.4, -0.2) is 40.6 Å². The summed E-state index contributed by atoms with van der Waals surface area (Å²) < 4.78 is 7.62. The monoisotopic (exact) mass is 368 g/mol. The van der Waals surface area contributed by atoms with Crippen LogP contribution in [0.1, 0.15) is 36.3 Å². The van der Waals surface area contributed by atoms with Crippen LogP contribution in [0.5, 0.6) is 5.75 Å². The van der Waals surface area contributed by atoms with E-state index in [2.05, 4.69) is 31.9 Å². The lowest BCUT2D eigenvalue weighted by Crippen LogP contribution is -2.34. The van der Waals surface area contributed by atoms with E-state index >= 15 is 0 Å². The van der Waals surface area contributed by atoms with Crippen molar-refractivity contribution in [2.24, 2.45) is 5.92 Å². The first-order valence-corrected chi connectivity index (χ1v) is 9.89. The minimum atomic E-state index is 0.199. The second-order valence-electron chi connectivity index (χ2n) is 7.54. The number of ether oxygens (including phenoxy) is 1. The number of hydrogen-bond acceptors (Lipinski definition) is 4. The molecule has 1 N–H and O–H groups in total. The molecule has 27 heavy (non-hydrogen) atoms. The first-order valence-electron chi connectivity index (χ1n) is 9.89. The average Bonchev–Trinajstić information content (AvgIpc) is 2.92. The molecule has 4 rings (SSSR count). The summed E-state index contributed by atoms with van der Waals surface area (Å²) in [4.78, 5) is 19.2. The molecule has 0 spiro atoms. The van der Waals surface area contributed by atoms with E-state index in [1.165, 1.54) is 12.0 Å². The van der Waals surface area contributed by atoms with Gasteiger partial charge in [0.05, 0.1) is 25.5 Å². The van der Waals surface area contributed by atoms with Crippen LogP contribution in [0.3, 0.4) is 0 Å². The molecule has 144 valence electrons. The Morgan fingerprint density at radius 3 is 2.96 bits per heavy atom. The fraction of sp³-hybridized carbons (Fsp3) is 0.524. The van der Waals surface area contributed by atoms with Gasteiger partial charge in [0.1, 0.15) is 11.6 Å². The lowest BCUT2D eigenvalue weighted by atomic mass is 9.85. The van der Waals surface area contributed by atoms with Crippen molar-refractivity contribution >= 4 is 5.91 Å². The van der Waals surface area contributed by atoms with Crippen LogP contribution in [0.2, 0.25) is 0 Å². The Balaban J connectivity index is 1.35. The molecule has 6 nitrogen and oxygen atoms in total. The van der Waals surface area contributed by atoms with Crippen molar-refractivity contribution in [2.75, 3.05) is 20.2 Å². The van der Waals surface area contributed by atoms with Gasteiger partial charge < -0.3 is 14.6 Å². The second-order valence-corrected chi connectivity index (χ2v) is 7.54. The number of nitrogens with zero attached hydrogens (tertiary/aromatic N) is 3. The third-order valence-corrected chi connectivity index (χ3v) is 5.77. The molecule has 0 bridgehead atoms. The fourth-order valence-corrected chi connectivity index (χ4v) is 3.86. The Hall–Kier alpha value is -2.34. The number of imidazole rings is 1. The van der Waals surface area contributed by atoms with E-state index in [0.717, 1.165) is 62.7 Å². The lowest BCUT2D eigenvalue weighted by molar-refractivity contribution is -0.127. The van der Waals surface area contributed by atoms with E-state index in [4.69, 9.17) is 4.74 Å². The minimum absolute atomic E-state index is 0.199. The number of hydrogen-bond donors (Lipinski definition) is 1. The first kappa shape index (κ1) is 18.0. The smallest absolute Gasteiger partial charge is 0.223 e. The Morgan fingerprint density at radius 2 is 2.19 bits per heavy atom. The van der Waals surface area contributed by atoms with Crippen LogP contribution >= 0.6 is 0 Å². The van der Waals surface area contributed by atoms with E-state index < -0.39 is 0 Å². The van der Waals surface area contributed by atoms with Gasteiger partial charge in [-0.2, -0.15) is 0 Å². The predicted molar refractivity (Wildman–Crippen MR) is 103 cm³/mol. The summed E-state index contributed by atoms with van der Waals surface area (Å²) in [5, 5.41) is 3.09. The van der Waals surface area contributed by atoms with Crippen LogP contribution in [0.25, 0.3) is 0 Å². The summed E-state index contributed by atoms with van der Waals surface area (Å²) in [5.74, 6) is 2.45. The molecule has 0 radical (unpaired) electrons. The summed E-state index contributed by atoms with van der Waals surface area (Å²) in [6, 6.07) is 8.27. The van der Waals surface area contributed by atoms with E-state index in [1.807, 2.05) is 18.3 Å². The van der Waals surface area contributed by atoms with Gasteiger partial charge in [-0.15, -0.1) is 0 Å². The van der Waals surface area contributed by atoms with E-state index in [9.17, 15) is 4.79 Å². The third-order valence-electron chi connectivity index (χ3n) is 5.77. The van der Waals surface area contributed by atoms with E-state index in [-0.39, 0.29) is 11.8 Å². The summed E-state index contributed by atoms with van der Waals surface area (Å²) in [5.41, 5.74) is 2.38.